The van der Waals surface area contributed by atoms with Crippen molar-refractivity contribution in [1.29, 1.82) is 10.5 Å². The van der Waals surface area contributed by atoms with Gasteiger partial charge in [0, 0.05) is 11.1 Å². The van der Waals surface area contributed by atoms with Gasteiger partial charge in [0.1, 0.15) is 0 Å². The van der Waals surface area contributed by atoms with Crippen LogP contribution in [0.15, 0.2) is 36.4 Å². The lowest BCUT2D eigenvalue weighted by Gasteiger charge is -2.09. The average Bonchev–Trinajstić information content (AvgIpc) is 2.65. The monoisotopic (exact) mass is 320 g/mol. The molecule has 0 aromatic heterocycles. The Morgan fingerprint density at radius 3 is 1.54 bits per heavy atom. The van der Waals surface area contributed by atoms with E-state index in [1.54, 1.807) is 12.1 Å². The van der Waals surface area contributed by atoms with Crippen LogP contribution in [0.2, 0.25) is 0 Å². The molecule has 118 valence electrons. The second-order valence-electron chi connectivity index (χ2n) is 4.77. The molecule has 0 fully saturated rings. The highest BCUT2D eigenvalue weighted by Gasteiger charge is 2.13. The van der Waals surface area contributed by atoms with E-state index < -0.39 is 11.8 Å². The van der Waals surface area contributed by atoms with Gasteiger partial charge in [-0.1, -0.05) is 0 Å². The molecule has 8 heteroatoms. The van der Waals surface area contributed by atoms with Crippen molar-refractivity contribution >= 4 is 11.8 Å². The minimum absolute atomic E-state index is 0.134. The normalized spacial score (nSPS) is 9.50. The molecule has 0 saturated heterocycles. The van der Waals surface area contributed by atoms with E-state index in [4.69, 9.17) is 22.2 Å². The minimum atomic E-state index is -0.597. The predicted octanol–water partition coefficient (Wildman–Crippen LogP) is 0.304. The zero-order valence-electron chi connectivity index (χ0n) is 12.3. The van der Waals surface area contributed by atoms with Crippen LogP contribution in [0.1, 0.15) is 31.8 Å². The number of carbonyl (C=O) groups is 2. The summed E-state index contributed by atoms with van der Waals surface area (Å²) in [6.45, 7) is 0. The summed E-state index contributed by atoms with van der Waals surface area (Å²) >= 11 is 0. The zero-order chi connectivity index (χ0) is 17.7. The van der Waals surface area contributed by atoms with Crippen molar-refractivity contribution in [3.63, 3.8) is 0 Å². The predicted molar refractivity (Wildman–Crippen MR) is 84.6 cm³/mol. The van der Waals surface area contributed by atoms with Gasteiger partial charge in [0.15, 0.2) is 0 Å². The van der Waals surface area contributed by atoms with Crippen molar-refractivity contribution < 1.29 is 9.59 Å². The number of hydrazine groups is 2. The summed E-state index contributed by atoms with van der Waals surface area (Å²) in [7, 11) is 0. The fourth-order valence-electron chi connectivity index (χ4n) is 2.15. The Balaban J connectivity index is 2.70. The number of nitriles is 2. The lowest BCUT2D eigenvalue weighted by Crippen LogP contribution is -2.32. The number of amides is 2. The van der Waals surface area contributed by atoms with Gasteiger partial charge in [-0.2, -0.15) is 10.5 Å². The van der Waals surface area contributed by atoms with Gasteiger partial charge in [-0.05, 0) is 47.5 Å². The van der Waals surface area contributed by atoms with E-state index in [0.717, 1.165) is 0 Å². The topological polar surface area (TPSA) is 158 Å². The lowest BCUT2D eigenvalue weighted by molar-refractivity contribution is 0.0953. The number of rotatable bonds is 3. The van der Waals surface area contributed by atoms with Crippen LogP contribution in [0.4, 0.5) is 0 Å². The van der Waals surface area contributed by atoms with Gasteiger partial charge in [0.2, 0.25) is 0 Å². The summed E-state index contributed by atoms with van der Waals surface area (Å²) in [5.74, 6) is 9.07. The zero-order valence-corrected chi connectivity index (χ0v) is 12.3. The van der Waals surface area contributed by atoms with Gasteiger partial charge in [0.25, 0.3) is 11.8 Å². The second kappa shape index (κ2) is 7.03. The third-order valence-corrected chi connectivity index (χ3v) is 3.24. The maximum Gasteiger partial charge on any atom is 0.265 e. The first-order valence-electron chi connectivity index (χ1n) is 6.65. The largest absolute Gasteiger partial charge is 0.290 e. The molecular formula is C16H12N6O2. The van der Waals surface area contributed by atoms with E-state index in [0.29, 0.717) is 11.1 Å². The molecule has 0 saturated carbocycles. The number of hydrogen-bond acceptors (Lipinski definition) is 6. The quantitative estimate of drug-likeness (QED) is 0.362. The first-order chi connectivity index (χ1) is 11.5. The molecule has 2 aromatic carbocycles. The molecule has 2 amide bonds. The summed E-state index contributed by atoms with van der Waals surface area (Å²) in [6, 6.07) is 12.8. The average molecular weight is 320 g/mol. The Hall–Kier alpha value is -3.72. The van der Waals surface area contributed by atoms with Crippen molar-refractivity contribution in [3.8, 4) is 23.3 Å². The van der Waals surface area contributed by atoms with Crippen LogP contribution in [0.3, 0.4) is 0 Å². The van der Waals surface area contributed by atoms with Gasteiger partial charge in [0.05, 0.1) is 23.3 Å². The van der Waals surface area contributed by atoms with Gasteiger partial charge >= 0.3 is 0 Å². The molecular weight excluding hydrogens is 308 g/mol. The van der Waals surface area contributed by atoms with E-state index in [-0.39, 0.29) is 22.3 Å². The molecule has 0 heterocycles. The summed E-state index contributed by atoms with van der Waals surface area (Å²) in [6.07, 6.45) is 0. The van der Waals surface area contributed by atoms with E-state index >= 15 is 0 Å². The van der Waals surface area contributed by atoms with Crippen LogP contribution in [-0.4, -0.2) is 11.8 Å². The van der Waals surface area contributed by atoms with Crippen molar-refractivity contribution in [3.05, 3.63) is 58.7 Å². The number of carbonyl (C=O) groups excluding carboxylic acids is 2. The standard InChI is InChI=1S/C16H12N6O2/c17-7-9-1-10(8-18)3-11(2-9)12-4-13(15(23)21-19)6-14(5-12)16(24)22-20/h1-6H,19-20H2,(H,21,23)(H,22,24). The van der Waals surface area contributed by atoms with Gasteiger partial charge < -0.3 is 0 Å². The first kappa shape index (κ1) is 16.6. The minimum Gasteiger partial charge on any atom is -0.290 e. The highest BCUT2D eigenvalue weighted by atomic mass is 16.2. The Morgan fingerprint density at radius 1 is 0.750 bits per heavy atom. The molecule has 0 spiro atoms. The summed E-state index contributed by atoms with van der Waals surface area (Å²) in [5, 5.41) is 18.1. The Kier molecular flexibility index (Phi) is 4.87. The van der Waals surface area contributed by atoms with Crippen molar-refractivity contribution in [2.24, 2.45) is 11.7 Å². The van der Waals surface area contributed by atoms with Crippen molar-refractivity contribution in [1.82, 2.24) is 10.9 Å². The molecule has 0 aliphatic heterocycles. The van der Waals surface area contributed by atoms with Crippen LogP contribution >= 0.6 is 0 Å². The summed E-state index contributed by atoms with van der Waals surface area (Å²) in [4.78, 5) is 23.6. The Morgan fingerprint density at radius 2 is 1.17 bits per heavy atom. The molecule has 24 heavy (non-hydrogen) atoms. The number of nitrogen functional groups attached to an aromatic ring is 2. The highest BCUT2D eigenvalue weighted by molar-refractivity contribution is 6.01. The van der Waals surface area contributed by atoms with Crippen molar-refractivity contribution in [2.45, 2.75) is 0 Å². The molecule has 8 nitrogen and oxygen atoms in total. The fourth-order valence-corrected chi connectivity index (χ4v) is 2.15. The smallest absolute Gasteiger partial charge is 0.265 e. The van der Waals surface area contributed by atoms with Gasteiger partial charge in [-0.25, -0.2) is 11.7 Å². The number of nitrogens with zero attached hydrogens (tertiary/aromatic N) is 2. The van der Waals surface area contributed by atoms with Crippen LogP contribution in [-0.2, 0) is 0 Å². The molecule has 0 radical (unpaired) electrons. The maximum absolute atomic E-state index is 11.8. The first-order valence-corrected chi connectivity index (χ1v) is 6.65. The molecule has 2 rings (SSSR count). The number of benzene rings is 2. The molecule has 0 unspecified atom stereocenters. The molecule has 2 aromatic rings. The Labute approximate surface area is 137 Å². The molecule has 0 atom stereocenters. The maximum atomic E-state index is 11.8. The lowest BCUT2D eigenvalue weighted by atomic mass is 9.96. The summed E-state index contributed by atoms with van der Waals surface area (Å²) in [5.41, 5.74) is 5.76. The van der Waals surface area contributed by atoms with E-state index in [1.807, 2.05) is 23.0 Å². The Bertz CT molecular complexity index is 841. The number of nitrogens with two attached hydrogens (primary N) is 2. The molecule has 0 bridgehead atoms. The second-order valence-corrected chi connectivity index (χ2v) is 4.77. The fraction of sp³-hybridized carbons (Fsp3) is 0. The van der Waals surface area contributed by atoms with E-state index in [2.05, 4.69) is 0 Å². The van der Waals surface area contributed by atoms with Gasteiger partial charge in [-0.3, -0.25) is 20.4 Å². The summed E-state index contributed by atoms with van der Waals surface area (Å²) < 4.78 is 0. The SMILES string of the molecule is N#Cc1cc(C#N)cc(-c2cc(C(=O)NN)cc(C(=O)NN)c2)c1. The van der Waals surface area contributed by atoms with E-state index in [1.165, 1.54) is 24.3 Å². The van der Waals surface area contributed by atoms with Crippen LogP contribution in [0, 0.1) is 22.7 Å². The third-order valence-electron chi connectivity index (χ3n) is 3.24. The molecule has 6 N–H and O–H groups in total. The molecule has 0 aliphatic carbocycles. The van der Waals surface area contributed by atoms with Crippen molar-refractivity contribution in [2.75, 3.05) is 0 Å². The number of nitrogens with one attached hydrogen (secondary N) is 2. The van der Waals surface area contributed by atoms with Gasteiger partial charge in [-0.15, -0.1) is 0 Å². The third kappa shape index (κ3) is 3.36. The number of hydrogen-bond donors (Lipinski definition) is 4. The van der Waals surface area contributed by atoms with E-state index in [9.17, 15) is 9.59 Å². The molecule has 0 aliphatic rings. The van der Waals surface area contributed by atoms with Crippen LogP contribution in [0.25, 0.3) is 11.1 Å². The van der Waals surface area contributed by atoms with Crippen LogP contribution in [0.5, 0.6) is 0 Å². The van der Waals surface area contributed by atoms with Crippen LogP contribution < -0.4 is 22.5 Å². The highest BCUT2D eigenvalue weighted by Crippen LogP contribution is 2.25.